The maximum atomic E-state index is 5.40. The van der Waals surface area contributed by atoms with E-state index in [-0.39, 0.29) is 12.4 Å². The molecule has 0 aliphatic heterocycles. The fraction of sp³-hybridized carbons (Fsp3) is 0.368. The summed E-state index contributed by atoms with van der Waals surface area (Å²) in [7, 11) is 4.89. The molecule has 0 saturated heterocycles. The number of aryl methyl sites for hydroxylation is 1. The number of hydrogen-bond donors (Lipinski definition) is 1. The summed E-state index contributed by atoms with van der Waals surface area (Å²) in [5, 5.41) is 2.20. The summed E-state index contributed by atoms with van der Waals surface area (Å²) in [5.74, 6) is 2.00. The monoisotopic (exact) mass is 351 g/mol. The quantitative estimate of drug-likeness (QED) is 0.684. The molecular formula is C19H26ClNO3. The minimum Gasteiger partial charge on any atom is -1.00 e. The lowest BCUT2D eigenvalue weighted by molar-refractivity contribution is -0.588. The number of quaternary nitrogens is 1. The van der Waals surface area contributed by atoms with Gasteiger partial charge in [0.15, 0.2) is 11.5 Å². The molecule has 132 valence electrons. The zero-order valence-corrected chi connectivity index (χ0v) is 15.5. The van der Waals surface area contributed by atoms with Crippen LogP contribution >= 0.6 is 0 Å². The number of halogens is 1. The maximum Gasteiger partial charge on any atom is 0.203 e. The molecular weight excluding hydrogens is 326 g/mol. The topological polar surface area (TPSA) is 44.3 Å². The third-order valence-corrected chi connectivity index (χ3v) is 3.82. The van der Waals surface area contributed by atoms with Crippen LogP contribution in [0.3, 0.4) is 0 Å². The van der Waals surface area contributed by atoms with Crippen molar-refractivity contribution in [2.45, 2.75) is 26.3 Å². The van der Waals surface area contributed by atoms with E-state index in [2.05, 4.69) is 36.5 Å². The van der Waals surface area contributed by atoms with Gasteiger partial charge in [0.2, 0.25) is 5.75 Å². The molecule has 4 nitrogen and oxygen atoms in total. The molecule has 0 aliphatic rings. The lowest BCUT2D eigenvalue weighted by atomic mass is 10.1. The van der Waals surface area contributed by atoms with Crippen LogP contribution in [0.5, 0.6) is 17.2 Å². The predicted octanol–water partition coefficient (Wildman–Crippen LogP) is 0.0640. The van der Waals surface area contributed by atoms with Crippen molar-refractivity contribution in [2.24, 2.45) is 0 Å². The first-order valence-corrected chi connectivity index (χ1v) is 7.92. The largest absolute Gasteiger partial charge is 1.00 e. The van der Waals surface area contributed by atoms with Crippen LogP contribution in [0, 0.1) is 0 Å². The van der Waals surface area contributed by atoms with Gasteiger partial charge in [0.1, 0.15) is 12.2 Å². The van der Waals surface area contributed by atoms with Crippen LogP contribution < -0.4 is 31.9 Å². The molecule has 0 heterocycles. The molecule has 5 heteroatoms. The highest BCUT2D eigenvalue weighted by atomic mass is 35.5. The van der Waals surface area contributed by atoms with Gasteiger partial charge in [0.05, 0.1) is 21.3 Å². The van der Waals surface area contributed by atoms with Gasteiger partial charge in [-0.2, -0.15) is 0 Å². The van der Waals surface area contributed by atoms with Gasteiger partial charge >= 0.3 is 0 Å². The van der Waals surface area contributed by atoms with Crippen LogP contribution in [-0.2, 0) is 13.0 Å². The third kappa shape index (κ3) is 5.05. The molecule has 0 atom stereocenters. The Kier molecular flexibility index (Phi) is 8.44. The summed E-state index contributed by atoms with van der Waals surface area (Å²) in [4.78, 5) is 0. The second-order valence-electron chi connectivity index (χ2n) is 5.43. The van der Waals surface area contributed by atoms with Crippen LogP contribution in [0.25, 0.3) is 0 Å². The fourth-order valence-corrected chi connectivity index (χ4v) is 2.60. The number of benzene rings is 2. The fourth-order valence-electron chi connectivity index (χ4n) is 2.60. The molecule has 2 aromatic rings. The minimum atomic E-state index is 0. The van der Waals surface area contributed by atoms with Crippen molar-refractivity contribution in [3.05, 3.63) is 47.5 Å². The summed E-state index contributed by atoms with van der Waals surface area (Å²) in [6, 6.07) is 12.7. The molecule has 24 heavy (non-hydrogen) atoms. The average Bonchev–Trinajstić information content (AvgIpc) is 2.60. The molecule has 2 N–H and O–H groups in total. The number of hydrogen-bond acceptors (Lipinski definition) is 3. The highest BCUT2D eigenvalue weighted by Crippen LogP contribution is 2.37. The maximum absolute atomic E-state index is 5.40. The van der Waals surface area contributed by atoms with Gasteiger partial charge in [-0.15, -0.1) is 0 Å². The Labute approximate surface area is 150 Å². The molecule has 0 saturated carbocycles. The number of ether oxygens (including phenoxy) is 3. The average molecular weight is 352 g/mol. The van der Waals surface area contributed by atoms with Crippen molar-refractivity contribution >= 4 is 5.69 Å². The molecule has 0 radical (unpaired) electrons. The van der Waals surface area contributed by atoms with Gasteiger partial charge in [0, 0.05) is 5.56 Å². The van der Waals surface area contributed by atoms with E-state index in [0.717, 1.165) is 18.5 Å². The molecule has 0 aromatic heterocycles. The Morgan fingerprint density at radius 2 is 1.42 bits per heavy atom. The minimum absolute atomic E-state index is 0. The van der Waals surface area contributed by atoms with Crippen molar-refractivity contribution in [1.29, 1.82) is 0 Å². The van der Waals surface area contributed by atoms with Crippen LogP contribution in [0.15, 0.2) is 36.4 Å². The molecule has 0 amide bonds. The molecule has 2 aromatic carbocycles. The van der Waals surface area contributed by atoms with E-state index in [1.165, 1.54) is 17.7 Å². The molecule has 2 rings (SSSR count). The SMILES string of the molecule is CCCc1ccc([NH2+]Cc2cc(OC)c(OC)c(OC)c2)cc1.[Cl-]. The highest BCUT2D eigenvalue weighted by Gasteiger charge is 2.14. The van der Waals surface area contributed by atoms with Crippen molar-refractivity contribution in [3.8, 4) is 17.2 Å². The first-order chi connectivity index (χ1) is 11.2. The Hall–Kier alpha value is -1.91. The Morgan fingerprint density at radius 1 is 0.833 bits per heavy atom. The molecule has 0 spiro atoms. The summed E-state index contributed by atoms with van der Waals surface area (Å²) >= 11 is 0. The number of methoxy groups -OCH3 is 3. The zero-order chi connectivity index (χ0) is 16.7. The van der Waals surface area contributed by atoms with Gasteiger partial charge in [-0.05, 0) is 36.2 Å². The number of rotatable bonds is 8. The Bertz CT molecular complexity index is 604. The van der Waals surface area contributed by atoms with E-state index in [1.54, 1.807) is 21.3 Å². The summed E-state index contributed by atoms with van der Waals surface area (Å²) < 4.78 is 16.1. The van der Waals surface area contributed by atoms with Crippen molar-refractivity contribution < 1.29 is 31.9 Å². The first kappa shape index (κ1) is 20.1. The van der Waals surface area contributed by atoms with Crippen molar-refractivity contribution in [2.75, 3.05) is 21.3 Å². The predicted molar refractivity (Wildman–Crippen MR) is 91.8 cm³/mol. The van der Waals surface area contributed by atoms with Gasteiger partial charge in [-0.3, -0.25) is 0 Å². The van der Waals surface area contributed by atoms with Crippen molar-refractivity contribution in [1.82, 2.24) is 0 Å². The van der Waals surface area contributed by atoms with Crippen LogP contribution in [-0.4, -0.2) is 21.3 Å². The van der Waals surface area contributed by atoms with E-state index in [4.69, 9.17) is 14.2 Å². The van der Waals surface area contributed by atoms with E-state index in [1.807, 2.05) is 12.1 Å². The van der Waals surface area contributed by atoms with Gasteiger partial charge < -0.3 is 31.9 Å². The summed E-state index contributed by atoms with van der Waals surface area (Å²) in [6.45, 7) is 3.01. The van der Waals surface area contributed by atoms with Crippen molar-refractivity contribution in [3.63, 3.8) is 0 Å². The number of nitrogens with two attached hydrogens (primary N) is 1. The highest BCUT2D eigenvalue weighted by molar-refractivity contribution is 5.53. The Balaban J connectivity index is 0.00000288. The van der Waals surface area contributed by atoms with E-state index < -0.39 is 0 Å². The molecule has 0 bridgehead atoms. The molecule has 0 fully saturated rings. The van der Waals surface area contributed by atoms with E-state index in [9.17, 15) is 0 Å². The lowest BCUT2D eigenvalue weighted by Gasteiger charge is -2.13. The van der Waals surface area contributed by atoms with Gasteiger partial charge in [-0.25, -0.2) is 0 Å². The van der Waals surface area contributed by atoms with Crippen LogP contribution in [0.2, 0.25) is 0 Å². The Morgan fingerprint density at radius 3 is 1.88 bits per heavy atom. The first-order valence-electron chi connectivity index (χ1n) is 7.92. The van der Waals surface area contributed by atoms with Crippen LogP contribution in [0.1, 0.15) is 24.5 Å². The standard InChI is InChI=1S/C19H25NO3.ClH/c1-5-6-14-7-9-16(10-8-14)20-13-15-11-17(21-2)19(23-4)18(12-15)22-3;/h7-12,20H,5-6,13H2,1-4H3;1H. The third-order valence-electron chi connectivity index (χ3n) is 3.82. The van der Waals surface area contributed by atoms with Gasteiger partial charge in [0.25, 0.3) is 0 Å². The zero-order valence-electron chi connectivity index (χ0n) is 14.8. The van der Waals surface area contributed by atoms with E-state index >= 15 is 0 Å². The summed E-state index contributed by atoms with van der Waals surface area (Å²) in [6.07, 6.45) is 2.31. The second-order valence-corrected chi connectivity index (χ2v) is 5.43. The van der Waals surface area contributed by atoms with Gasteiger partial charge in [-0.1, -0.05) is 25.5 Å². The normalized spacial score (nSPS) is 10.0. The van der Waals surface area contributed by atoms with E-state index in [0.29, 0.717) is 17.2 Å². The lowest BCUT2D eigenvalue weighted by Crippen LogP contribution is -3.00. The summed E-state index contributed by atoms with van der Waals surface area (Å²) in [5.41, 5.74) is 3.73. The molecule has 0 aliphatic carbocycles. The second kappa shape index (κ2) is 10.1. The molecule has 0 unspecified atom stereocenters. The van der Waals surface area contributed by atoms with Crippen LogP contribution in [0.4, 0.5) is 5.69 Å². The smallest absolute Gasteiger partial charge is 0.203 e.